The Morgan fingerprint density at radius 3 is 2.33 bits per heavy atom. The maximum Gasteiger partial charge on any atom is 0.243 e. The molecule has 1 N–H and O–H groups in total. The van der Waals surface area contributed by atoms with Crippen molar-refractivity contribution in [3.8, 4) is 6.07 Å². The fourth-order valence-corrected chi connectivity index (χ4v) is 6.13. The second-order valence-corrected chi connectivity index (χ2v) is 9.73. The summed E-state index contributed by atoms with van der Waals surface area (Å²) in [7, 11) is 0. The van der Waals surface area contributed by atoms with Gasteiger partial charge in [-0.3, -0.25) is 4.79 Å². The molecular weight excluding hydrogens is 408 g/mol. The topological polar surface area (TPSA) is 52.9 Å². The van der Waals surface area contributed by atoms with Crippen LogP contribution in [0.15, 0.2) is 65.6 Å². The Kier molecular flexibility index (Phi) is 6.88. The predicted octanol–water partition coefficient (Wildman–Crippen LogP) is 6.75. The highest BCUT2D eigenvalue weighted by Crippen LogP contribution is 2.40. The summed E-state index contributed by atoms with van der Waals surface area (Å²) in [5, 5.41) is 13.3. The summed E-state index contributed by atoms with van der Waals surface area (Å²) in [5.74, 6) is -0.0826. The van der Waals surface area contributed by atoms with Crippen LogP contribution in [0.2, 0.25) is 0 Å². The van der Waals surface area contributed by atoms with Crippen LogP contribution in [0.4, 0.5) is 5.00 Å². The Bertz CT molecular complexity index is 1040. The second-order valence-electron chi connectivity index (χ2n) is 7.44. The van der Waals surface area contributed by atoms with E-state index in [1.807, 2.05) is 60.7 Å². The molecule has 1 heterocycles. The molecule has 0 aliphatic heterocycles. The third kappa shape index (κ3) is 4.77. The Labute approximate surface area is 186 Å². The number of fused-ring (bicyclic) bond motifs is 1. The minimum atomic E-state index is -0.384. The zero-order valence-corrected chi connectivity index (χ0v) is 18.4. The van der Waals surface area contributed by atoms with Gasteiger partial charge < -0.3 is 5.32 Å². The van der Waals surface area contributed by atoms with E-state index >= 15 is 0 Å². The Balaban J connectivity index is 1.63. The van der Waals surface area contributed by atoms with E-state index in [1.165, 1.54) is 29.5 Å². The van der Waals surface area contributed by atoms with Crippen LogP contribution in [0.5, 0.6) is 0 Å². The number of aryl methyl sites for hydroxylation is 1. The summed E-state index contributed by atoms with van der Waals surface area (Å²) in [4.78, 5) is 15.7. The van der Waals surface area contributed by atoms with E-state index < -0.39 is 0 Å². The first kappa shape index (κ1) is 20.7. The van der Waals surface area contributed by atoms with Gasteiger partial charge in [0.1, 0.15) is 16.3 Å². The van der Waals surface area contributed by atoms with Crippen LogP contribution >= 0.6 is 23.1 Å². The van der Waals surface area contributed by atoms with Crippen molar-refractivity contribution < 1.29 is 4.79 Å². The zero-order valence-electron chi connectivity index (χ0n) is 16.8. The van der Waals surface area contributed by atoms with Gasteiger partial charge in [-0.05, 0) is 48.9 Å². The van der Waals surface area contributed by atoms with Crippen LogP contribution in [0.1, 0.15) is 52.5 Å². The molecule has 30 heavy (non-hydrogen) atoms. The minimum Gasteiger partial charge on any atom is -0.315 e. The van der Waals surface area contributed by atoms with Gasteiger partial charge in [0.05, 0.1) is 5.56 Å². The van der Waals surface area contributed by atoms with Crippen LogP contribution in [0.25, 0.3) is 0 Å². The van der Waals surface area contributed by atoms with Crippen LogP contribution in [-0.2, 0) is 17.6 Å². The molecule has 1 amide bonds. The highest BCUT2D eigenvalue weighted by molar-refractivity contribution is 8.00. The maximum absolute atomic E-state index is 13.4. The average Bonchev–Trinajstić information content (AvgIpc) is 3.08. The number of carbonyl (C=O) groups is 1. The van der Waals surface area contributed by atoms with E-state index in [4.69, 9.17) is 0 Å². The lowest BCUT2D eigenvalue weighted by molar-refractivity contribution is -0.115. The number of anilines is 1. The largest absolute Gasteiger partial charge is 0.315 e. The number of hydrogen-bond donors (Lipinski definition) is 1. The number of nitrogens with zero attached hydrogens (tertiary/aromatic N) is 1. The molecule has 1 atom stereocenters. The number of hydrogen-bond acceptors (Lipinski definition) is 4. The fraction of sp³-hybridized carbons (Fsp3) is 0.280. The van der Waals surface area contributed by atoms with Crippen molar-refractivity contribution in [2.45, 2.75) is 48.7 Å². The molecule has 0 fully saturated rings. The molecule has 4 rings (SSSR count). The number of benzene rings is 2. The van der Waals surface area contributed by atoms with Gasteiger partial charge in [0.2, 0.25) is 5.91 Å². The molecule has 0 spiro atoms. The SMILES string of the molecule is N#Cc1c(NC(=O)C(Sc2ccccc2)c2ccccc2)sc2c1CCCCCC2. The summed E-state index contributed by atoms with van der Waals surface area (Å²) in [5.41, 5.74) is 2.78. The molecule has 1 aliphatic carbocycles. The van der Waals surface area contributed by atoms with Gasteiger partial charge in [-0.25, -0.2) is 0 Å². The fourth-order valence-electron chi connectivity index (χ4n) is 3.84. The van der Waals surface area contributed by atoms with E-state index in [-0.39, 0.29) is 11.2 Å². The van der Waals surface area contributed by atoms with E-state index in [9.17, 15) is 10.1 Å². The molecule has 0 saturated carbocycles. The molecular formula is C25H24N2OS2. The molecule has 3 nitrogen and oxygen atoms in total. The molecule has 2 aromatic carbocycles. The molecule has 0 radical (unpaired) electrons. The number of amides is 1. The van der Waals surface area contributed by atoms with Crippen molar-refractivity contribution in [3.05, 3.63) is 82.2 Å². The second kappa shape index (κ2) is 9.97. The number of thioether (sulfide) groups is 1. The number of rotatable bonds is 5. The first-order chi connectivity index (χ1) is 14.8. The van der Waals surface area contributed by atoms with Gasteiger partial charge in [-0.15, -0.1) is 23.1 Å². The molecule has 5 heteroatoms. The standard InChI is InChI=1S/C25H24N2OS2/c26-17-21-20-15-9-1-2-10-16-22(20)30-25(21)27-24(28)23(18-11-5-3-6-12-18)29-19-13-7-4-8-14-19/h3-8,11-14,23H,1-2,9-10,15-16H2,(H,27,28). The Morgan fingerprint density at radius 2 is 1.63 bits per heavy atom. The van der Waals surface area contributed by atoms with Crippen molar-refractivity contribution in [1.82, 2.24) is 0 Å². The third-order valence-electron chi connectivity index (χ3n) is 5.36. The highest BCUT2D eigenvalue weighted by Gasteiger charge is 2.26. The van der Waals surface area contributed by atoms with Crippen LogP contribution in [-0.4, -0.2) is 5.91 Å². The lowest BCUT2D eigenvalue weighted by atomic mass is 9.97. The number of carbonyl (C=O) groups excluding carboxylic acids is 1. The molecule has 0 bridgehead atoms. The van der Waals surface area contributed by atoms with Crippen molar-refractivity contribution in [1.29, 1.82) is 5.26 Å². The van der Waals surface area contributed by atoms with Crippen molar-refractivity contribution in [3.63, 3.8) is 0 Å². The van der Waals surface area contributed by atoms with E-state index in [0.717, 1.165) is 41.7 Å². The highest BCUT2D eigenvalue weighted by atomic mass is 32.2. The van der Waals surface area contributed by atoms with Crippen molar-refractivity contribution in [2.75, 3.05) is 5.32 Å². The predicted molar refractivity (Wildman–Crippen MR) is 125 cm³/mol. The minimum absolute atomic E-state index is 0.0826. The van der Waals surface area contributed by atoms with Gasteiger partial charge in [-0.2, -0.15) is 5.26 Å². The van der Waals surface area contributed by atoms with Crippen molar-refractivity contribution >= 4 is 34.0 Å². The summed E-state index contributed by atoms with van der Waals surface area (Å²) >= 11 is 3.13. The third-order valence-corrected chi connectivity index (χ3v) is 7.83. The average molecular weight is 433 g/mol. The summed E-state index contributed by atoms with van der Waals surface area (Å²) in [6, 6.07) is 22.2. The Hall–Kier alpha value is -2.55. The first-order valence-electron chi connectivity index (χ1n) is 10.4. The molecule has 152 valence electrons. The molecule has 1 aliphatic rings. The van der Waals surface area contributed by atoms with Gasteiger partial charge in [0, 0.05) is 9.77 Å². The molecule has 0 saturated heterocycles. The Morgan fingerprint density at radius 1 is 0.967 bits per heavy atom. The van der Waals surface area contributed by atoms with Gasteiger partial charge in [-0.1, -0.05) is 61.4 Å². The van der Waals surface area contributed by atoms with E-state index in [2.05, 4.69) is 11.4 Å². The number of thiophene rings is 1. The van der Waals surface area contributed by atoms with Gasteiger partial charge in [0.25, 0.3) is 0 Å². The summed E-state index contributed by atoms with van der Waals surface area (Å²) in [6.07, 6.45) is 6.66. The summed E-state index contributed by atoms with van der Waals surface area (Å²) in [6.45, 7) is 0. The molecule has 3 aromatic rings. The zero-order chi connectivity index (χ0) is 20.8. The quantitative estimate of drug-likeness (QED) is 0.454. The van der Waals surface area contributed by atoms with Crippen LogP contribution in [0, 0.1) is 11.3 Å². The monoisotopic (exact) mass is 432 g/mol. The van der Waals surface area contributed by atoms with E-state index in [1.54, 1.807) is 11.3 Å². The molecule has 1 aromatic heterocycles. The smallest absolute Gasteiger partial charge is 0.243 e. The van der Waals surface area contributed by atoms with Crippen molar-refractivity contribution in [2.24, 2.45) is 0 Å². The first-order valence-corrected chi connectivity index (χ1v) is 12.1. The van der Waals surface area contributed by atoms with Crippen LogP contribution < -0.4 is 5.32 Å². The lowest BCUT2D eigenvalue weighted by Gasteiger charge is -2.16. The summed E-state index contributed by atoms with van der Waals surface area (Å²) < 4.78 is 0. The lowest BCUT2D eigenvalue weighted by Crippen LogP contribution is -2.19. The van der Waals surface area contributed by atoms with E-state index in [0.29, 0.717) is 10.6 Å². The molecule has 1 unspecified atom stereocenters. The van der Waals surface area contributed by atoms with Gasteiger partial charge in [0.15, 0.2) is 0 Å². The van der Waals surface area contributed by atoms with Gasteiger partial charge >= 0.3 is 0 Å². The normalized spacial score (nSPS) is 14.6. The maximum atomic E-state index is 13.4. The number of nitrogens with one attached hydrogen (secondary N) is 1. The number of nitriles is 1. The van der Waals surface area contributed by atoms with Crippen LogP contribution in [0.3, 0.4) is 0 Å².